The highest BCUT2D eigenvalue weighted by Crippen LogP contribution is 2.24. The molecule has 0 saturated heterocycles. The number of nitrogens with two attached hydrogens (primary N) is 1. The van der Waals surface area contributed by atoms with E-state index in [0.29, 0.717) is 18.1 Å². The first-order valence-electron chi connectivity index (χ1n) is 6.70. The minimum absolute atomic E-state index is 0.0772. The molecule has 0 aliphatic carbocycles. The fraction of sp³-hybridized carbons (Fsp3) is 0.214. The van der Waals surface area contributed by atoms with Crippen molar-refractivity contribution < 1.29 is 4.39 Å². The molecule has 114 valence electrons. The first-order valence-corrected chi connectivity index (χ1v) is 7.07. The van der Waals surface area contributed by atoms with Gasteiger partial charge in [0.25, 0.3) is 5.56 Å². The zero-order valence-corrected chi connectivity index (χ0v) is 12.4. The molecule has 0 spiro atoms. The monoisotopic (exact) mass is 321 g/mol. The summed E-state index contributed by atoms with van der Waals surface area (Å²) in [4.78, 5) is 17.2. The Morgan fingerprint density at radius 1 is 1.50 bits per heavy atom. The smallest absolute Gasteiger partial charge is 0.267 e. The number of nitrogens with one attached hydrogen (secondary N) is 1. The summed E-state index contributed by atoms with van der Waals surface area (Å²) in [6, 6.07) is 3.38. The summed E-state index contributed by atoms with van der Waals surface area (Å²) in [6.07, 6.45) is 2.08. The van der Waals surface area contributed by atoms with E-state index in [4.69, 9.17) is 17.3 Å². The molecule has 0 unspecified atom stereocenters. The number of hydrogen-bond acceptors (Lipinski definition) is 4. The van der Waals surface area contributed by atoms with E-state index in [0.717, 1.165) is 12.1 Å². The number of nitrogens with zero attached hydrogens (tertiary/aromatic N) is 3. The molecule has 0 aliphatic heterocycles. The summed E-state index contributed by atoms with van der Waals surface area (Å²) in [6.45, 7) is 1.88. The van der Waals surface area contributed by atoms with Gasteiger partial charge in [-0.15, -0.1) is 0 Å². The van der Waals surface area contributed by atoms with Crippen molar-refractivity contribution in [2.75, 3.05) is 0 Å². The van der Waals surface area contributed by atoms with Gasteiger partial charge >= 0.3 is 0 Å². The molecule has 1 aromatic carbocycles. The topological polar surface area (TPSA) is 89.6 Å². The Hall–Kier alpha value is -2.25. The highest BCUT2D eigenvalue weighted by molar-refractivity contribution is 6.35. The molecule has 3 N–H and O–H groups in total. The van der Waals surface area contributed by atoms with E-state index >= 15 is 0 Å². The van der Waals surface area contributed by atoms with E-state index in [9.17, 15) is 9.18 Å². The van der Waals surface area contributed by atoms with Crippen LogP contribution in [0, 0.1) is 5.82 Å². The van der Waals surface area contributed by atoms with E-state index < -0.39 is 17.4 Å². The largest absolute Gasteiger partial charge is 0.321 e. The second-order valence-corrected chi connectivity index (χ2v) is 5.26. The molecule has 0 radical (unpaired) electrons. The van der Waals surface area contributed by atoms with Gasteiger partial charge in [-0.25, -0.2) is 13.9 Å². The van der Waals surface area contributed by atoms with Crippen LogP contribution >= 0.6 is 11.6 Å². The summed E-state index contributed by atoms with van der Waals surface area (Å²) in [5.74, 6) is 0.163. The summed E-state index contributed by atoms with van der Waals surface area (Å²) in [7, 11) is 0. The number of benzene rings is 1. The van der Waals surface area contributed by atoms with E-state index in [1.54, 1.807) is 6.07 Å². The van der Waals surface area contributed by atoms with Gasteiger partial charge in [0.1, 0.15) is 17.5 Å². The van der Waals surface area contributed by atoms with Crippen LogP contribution in [0.3, 0.4) is 0 Å². The van der Waals surface area contributed by atoms with Crippen molar-refractivity contribution in [2.45, 2.75) is 19.4 Å². The van der Waals surface area contributed by atoms with Crippen molar-refractivity contribution >= 4 is 22.5 Å². The lowest BCUT2D eigenvalue weighted by atomic mass is 10.2. The second-order valence-electron chi connectivity index (χ2n) is 4.85. The SMILES string of the molecule is CC[C@H](N)c1nc2c(Cl)cc(F)cc2c(=O)n1-c1ccn[nH]1. The Morgan fingerprint density at radius 2 is 2.27 bits per heavy atom. The maximum absolute atomic E-state index is 13.6. The second kappa shape index (κ2) is 5.51. The Labute approximate surface area is 129 Å². The number of fused-ring (bicyclic) bond motifs is 1. The molecule has 0 aliphatic rings. The molecule has 2 heterocycles. The van der Waals surface area contributed by atoms with Crippen LogP contribution in [0.15, 0.2) is 29.2 Å². The predicted octanol–water partition coefficient (Wildman–Crippen LogP) is 2.31. The zero-order valence-electron chi connectivity index (χ0n) is 11.7. The van der Waals surface area contributed by atoms with E-state index in [1.165, 1.54) is 10.8 Å². The normalized spacial score (nSPS) is 12.7. The van der Waals surface area contributed by atoms with Gasteiger partial charge in [0.2, 0.25) is 0 Å². The van der Waals surface area contributed by atoms with Crippen LogP contribution in [-0.4, -0.2) is 19.7 Å². The van der Waals surface area contributed by atoms with E-state index in [-0.39, 0.29) is 15.9 Å². The lowest BCUT2D eigenvalue weighted by molar-refractivity contribution is 0.615. The average Bonchev–Trinajstić information content (AvgIpc) is 3.01. The molecule has 2 aromatic heterocycles. The van der Waals surface area contributed by atoms with Crippen LogP contribution in [0.25, 0.3) is 16.7 Å². The molecule has 0 bridgehead atoms. The van der Waals surface area contributed by atoms with Crippen molar-refractivity contribution in [3.05, 3.63) is 51.4 Å². The van der Waals surface area contributed by atoms with Crippen molar-refractivity contribution in [2.24, 2.45) is 5.73 Å². The minimum Gasteiger partial charge on any atom is -0.321 e. The first-order chi connectivity index (χ1) is 10.5. The maximum Gasteiger partial charge on any atom is 0.267 e. The fourth-order valence-corrected chi connectivity index (χ4v) is 2.52. The summed E-state index contributed by atoms with van der Waals surface area (Å²) in [5, 5.41) is 6.69. The molecule has 1 atom stereocenters. The average molecular weight is 322 g/mol. The van der Waals surface area contributed by atoms with Gasteiger partial charge in [-0.1, -0.05) is 18.5 Å². The third-order valence-electron chi connectivity index (χ3n) is 3.42. The number of H-pyrrole nitrogens is 1. The minimum atomic E-state index is -0.597. The molecule has 6 nitrogen and oxygen atoms in total. The molecule has 22 heavy (non-hydrogen) atoms. The van der Waals surface area contributed by atoms with Gasteiger partial charge in [0, 0.05) is 6.07 Å². The number of hydrogen-bond donors (Lipinski definition) is 2. The molecular weight excluding hydrogens is 309 g/mol. The quantitative estimate of drug-likeness (QED) is 0.774. The van der Waals surface area contributed by atoms with Crippen LogP contribution in [0.4, 0.5) is 4.39 Å². The van der Waals surface area contributed by atoms with Crippen molar-refractivity contribution in [3.63, 3.8) is 0 Å². The summed E-state index contributed by atoms with van der Waals surface area (Å²) >= 11 is 6.02. The third kappa shape index (κ3) is 2.28. The highest BCUT2D eigenvalue weighted by atomic mass is 35.5. The van der Waals surface area contributed by atoms with Crippen molar-refractivity contribution in [3.8, 4) is 5.82 Å². The third-order valence-corrected chi connectivity index (χ3v) is 3.70. The Morgan fingerprint density at radius 3 is 2.91 bits per heavy atom. The van der Waals surface area contributed by atoms with Gasteiger partial charge in [0.05, 0.1) is 28.2 Å². The van der Waals surface area contributed by atoms with Crippen LogP contribution in [0.2, 0.25) is 5.02 Å². The van der Waals surface area contributed by atoms with Gasteiger partial charge in [0.15, 0.2) is 0 Å². The van der Waals surface area contributed by atoms with Gasteiger partial charge < -0.3 is 5.73 Å². The van der Waals surface area contributed by atoms with E-state index in [2.05, 4.69) is 15.2 Å². The van der Waals surface area contributed by atoms with Crippen LogP contribution in [-0.2, 0) is 0 Å². The molecule has 0 fully saturated rings. The lowest BCUT2D eigenvalue weighted by Crippen LogP contribution is -2.28. The first kappa shape index (κ1) is 14.7. The van der Waals surface area contributed by atoms with Crippen LogP contribution < -0.4 is 11.3 Å². The molecule has 3 rings (SSSR count). The van der Waals surface area contributed by atoms with Crippen molar-refractivity contribution in [1.82, 2.24) is 19.7 Å². The van der Waals surface area contributed by atoms with Gasteiger partial charge in [-0.3, -0.25) is 9.89 Å². The number of aromatic nitrogens is 4. The van der Waals surface area contributed by atoms with Crippen LogP contribution in [0.5, 0.6) is 0 Å². The van der Waals surface area contributed by atoms with Crippen LogP contribution in [0.1, 0.15) is 25.2 Å². The van der Waals surface area contributed by atoms with E-state index in [1.807, 2.05) is 6.92 Å². The molecule has 8 heteroatoms. The predicted molar refractivity (Wildman–Crippen MR) is 81.7 cm³/mol. The van der Waals surface area contributed by atoms with Crippen molar-refractivity contribution in [1.29, 1.82) is 0 Å². The molecular formula is C14H13ClFN5O. The maximum atomic E-state index is 13.6. The number of halogens is 2. The number of aromatic amines is 1. The summed E-state index contributed by atoms with van der Waals surface area (Å²) in [5.41, 5.74) is 5.86. The van der Waals surface area contributed by atoms with Gasteiger partial charge in [-0.05, 0) is 18.6 Å². The Balaban J connectivity index is 2.46. The lowest BCUT2D eigenvalue weighted by Gasteiger charge is -2.16. The Kier molecular flexibility index (Phi) is 3.67. The molecule has 0 amide bonds. The standard InChI is InChI=1S/C14H13ClFN5O/c1-2-10(17)13-19-12-8(5-7(16)6-9(12)15)14(22)21(13)11-3-4-18-20-11/h3-6,10H,2,17H2,1H3,(H,18,20)/t10-/m0/s1. The Bertz CT molecular complexity index is 890. The molecule has 3 aromatic rings. The highest BCUT2D eigenvalue weighted by Gasteiger charge is 2.19. The molecule has 0 saturated carbocycles. The number of rotatable bonds is 3. The zero-order chi connectivity index (χ0) is 15.9. The van der Waals surface area contributed by atoms with Gasteiger partial charge in [-0.2, -0.15) is 5.10 Å². The fourth-order valence-electron chi connectivity index (χ4n) is 2.27. The summed E-state index contributed by atoms with van der Waals surface area (Å²) < 4.78 is 14.9.